The number of rotatable bonds is 6. The van der Waals surface area contributed by atoms with Crippen LogP contribution >= 0.6 is 0 Å². The Balaban J connectivity index is 2.90. The third-order valence-electron chi connectivity index (χ3n) is 5.22. The van der Waals surface area contributed by atoms with E-state index in [1.165, 1.54) is 0 Å². The van der Waals surface area contributed by atoms with E-state index in [-0.39, 0.29) is 0 Å². The molecule has 2 fully saturated rings. The zero-order valence-electron chi connectivity index (χ0n) is 15.8. The summed E-state index contributed by atoms with van der Waals surface area (Å²) in [5.41, 5.74) is -14.5. The SMILES string of the molecule is FC(F)(F)C(C(OC(C1CO1)C(C(F)(F)F)(C(F)(F)F)C(F)(F)F)C1CO1)(C(F)(F)F)C(F)(F)F. The molecule has 3 nitrogen and oxygen atoms in total. The molecule has 0 bridgehead atoms. The first-order valence-electron chi connectivity index (χ1n) is 8.48. The molecule has 208 valence electrons. The van der Waals surface area contributed by atoms with Gasteiger partial charge in [0.05, 0.1) is 13.2 Å². The topological polar surface area (TPSA) is 34.3 Å². The van der Waals surface area contributed by atoms with Crippen LogP contribution in [0.5, 0.6) is 0 Å². The molecule has 0 aromatic rings. The van der Waals surface area contributed by atoms with Crippen LogP contribution in [0.25, 0.3) is 0 Å². The van der Waals surface area contributed by atoms with Gasteiger partial charge in [-0.3, -0.25) is 0 Å². The van der Waals surface area contributed by atoms with Gasteiger partial charge in [-0.1, -0.05) is 0 Å². The van der Waals surface area contributed by atoms with E-state index < -0.39 is 85.5 Å². The Morgan fingerprint density at radius 1 is 0.429 bits per heavy atom. The fourth-order valence-electron chi connectivity index (χ4n) is 3.49. The Kier molecular flexibility index (Phi) is 6.87. The molecule has 0 aromatic heterocycles. The van der Waals surface area contributed by atoms with Crippen LogP contribution in [-0.2, 0) is 14.2 Å². The molecule has 35 heavy (non-hydrogen) atoms. The number of hydrogen-bond donors (Lipinski definition) is 0. The first kappa shape index (κ1) is 29.8. The molecule has 0 saturated carbocycles. The van der Waals surface area contributed by atoms with Gasteiger partial charge in [-0.25, -0.2) is 0 Å². The van der Waals surface area contributed by atoms with Crippen LogP contribution in [-0.4, -0.2) is 74.7 Å². The normalized spacial score (nSPS) is 24.9. The van der Waals surface area contributed by atoms with Crippen LogP contribution in [0.2, 0.25) is 0 Å². The molecule has 2 saturated heterocycles. The molecule has 0 radical (unpaired) electrons. The molecule has 0 aliphatic carbocycles. The van der Waals surface area contributed by atoms with E-state index in [0.29, 0.717) is 0 Å². The third-order valence-corrected chi connectivity index (χ3v) is 5.22. The van der Waals surface area contributed by atoms with Crippen molar-refractivity contribution in [2.24, 2.45) is 10.8 Å². The van der Waals surface area contributed by atoms with Gasteiger partial charge in [-0.05, 0) is 0 Å². The second-order valence-corrected chi connectivity index (χ2v) is 7.32. The lowest BCUT2D eigenvalue weighted by atomic mass is 9.75. The Morgan fingerprint density at radius 2 is 0.600 bits per heavy atom. The molecule has 2 aliphatic rings. The molecule has 4 atom stereocenters. The summed E-state index contributed by atoms with van der Waals surface area (Å²) in [6.45, 7) is -3.13. The fourth-order valence-corrected chi connectivity index (χ4v) is 3.49. The van der Waals surface area contributed by atoms with E-state index in [1.807, 2.05) is 0 Å². The van der Waals surface area contributed by atoms with Crippen molar-refractivity contribution >= 4 is 0 Å². The van der Waals surface area contributed by atoms with Crippen molar-refractivity contribution in [2.45, 2.75) is 61.5 Å². The van der Waals surface area contributed by atoms with E-state index in [4.69, 9.17) is 0 Å². The second kappa shape index (κ2) is 8.06. The van der Waals surface area contributed by atoms with Crippen molar-refractivity contribution in [3.8, 4) is 0 Å². The fraction of sp³-hybridized carbons (Fsp3) is 1.00. The van der Waals surface area contributed by atoms with Gasteiger partial charge >= 0.3 is 37.1 Å². The maximum absolute atomic E-state index is 13.4. The average Bonchev–Trinajstić information content (AvgIpc) is 3.36. The van der Waals surface area contributed by atoms with Gasteiger partial charge in [-0.15, -0.1) is 0 Å². The van der Waals surface area contributed by atoms with Crippen molar-refractivity contribution < 1.29 is 93.2 Å². The molecule has 0 amide bonds. The summed E-state index contributed by atoms with van der Waals surface area (Å²) in [7, 11) is 0. The van der Waals surface area contributed by atoms with Crippen LogP contribution in [0.15, 0.2) is 0 Å². The van der Waals surface area contributed by atoms with Crippen molar-refractivity contribution in [2.75, 3.05) is 13.2 Å². The van der Waals surface area contributed by atoms with Crippen molar-refractivity contribution in [3.05, 3.63) is 0 Å². The van der Waals surface area contributed by atoms with Crippen molar-refractivity contribution in [1.29, 1.82) is 0 Å². The standard InChI is InChI=1S/C14H8F18O3/c15-9(16,17)7(10(18,19)20,11(21,22)23)5(3-1-33-3)35-6(4-2-34-4)8(12(24,25)26,13(27,28)29)14(30,31)32/h3-6H,1-2H2. The minimum Gasteiger partial charge on any atom is -0.370 e. The van der Waals surface area contributed by atoms with E-state index in [2.05, 4.69) is 14.2 Å². The number of alkyl halides is 18. The van der Waals surface area contributed by atoms with E-state index in [0.717, 1.165) is 0 Å². The summed E-state index contributed by atoms with van der Waals surface area (Å²) < 4.78 is 252. The van der Waals surface area contributed by atoms with Crippen molar-refractivity contribution in [3.63, 3.8) is 0 Å². The van der Waals surface area contributed by atoms with Gasteiger partial charge in [0, 0.05) is 0 Å². The highest BCUT2D eigenvalue weighted by Gasteiger charge is 2.92. The summed E-state index contributed by atoms with van der Waals surface area (Å²) in [5, 5.41) is 0. The first-order valence-corrected chi connectivity index (χ1v) is 8.48. The van der Waals surface area contributed by atoms with Crippen molar-refractivity contribution in [1.82, 2.24) is 0 Å². The molecule has 0 N–H and O–H groups in total. The van der Waals surface area contributed by atoms with Crippen LogP contribution in [0.3, 0.4) is 0 Å². The van der Waals surface area contributed by atoms with Crippen LogP contribution in [0, 0.1) is 10.8 Å². The first-order chi connectivity index (χ1) is 15.2. The molecule has 0 aromatic carbocycles. The Morgan fingerprint density at radius 3 is 0.714 bits per heavy atom. The molecule has 2 rings (SSSR count). The average molecular weight is 566 g/mol. The number of halogens is 18. The monoisotopic (exact) mass is 566 g/mol. The third kappa shape index (κ3) is 4.48. The number of hydrogen-bond acceptors (Lipinski definition) is 3. The molecule has 4 unspecified atom stereocenters. The molecule has 2 aliphatic heterocycles. The zero-order chi connectivity index (χ0) is 27.8. The summed E-state index contributed by atoms with van der Waals surface area (Å²) in [6, 6.07) is 0. The van der Waals surface area contributed by atoms with Gasteiger partial charge in [0.2, 0.25) is 0 Å². The minimum absolute atomic E-state index is 1.57. The van der Waals surface area contributed by atoms with Gasteiger partial charge in [0.25, 0.3) is 10.8 Å². The van der Waals surface area contributed by atoms with E-state index in [9.17, 15) is 79.0 Å². The zero-order valence-corrected chi connectivity index (χ0v) is 15.8. The smallest absolute Gasteiger partial charge is 0.370 e. The predicted molar refractivity (Wildman–Crippen MR) is 69.3 cm³/mol. The minimum atomic E-state index is -7.60. The Labute approximate surface area is 180 Å². The summed E-state index contributed by atoms with van der Waals surface area (Å²) in [5.74, 6) is 0. The number of ether oxygens (including phenoxy) is 3. The summed E-state index contributed by atoms with van der Waals surface area (Å²) in [6.07, 6.45) is -61.7. The van der Waals surface area contributed by atoms with E-state index >= 15 is 0 Å². The van der Waals surface area contributed by atoms with Gasteiger partial charge in [-0.2, -0.15) is 79.0 Å². The molecule has 2 heterocycles. The Hall–Kier alpha value is -1.38. The molecule has 21 heteroatoms. The lowest BCUT2D eigenvalue weighted by molar-refractivity contribution is -0.477. The van der Waals surface area contributed by atoms with Crippen LogP contribution in [0.4, 0.5) is 79.0 Å². The number of epoxide rings is 2. The highest BCUT2D eigenvalue weighted by molar-refractivity contribution is 5.14. The highest BCUT2D eigenvalue weighted by Crippen LogP contribution is 2.67. The van der Waals surface area contributed by atoms with Crippen LogP contribution < -0.4 is 0 Å². The molecular weight excluding hydrogens is 558 g/mol. The second-order valence-electron chi connectivity index (χ2n) is 7.32. The lowest BCUT2D eigenvalue weighted by Crippen LogP contribution is -2.72. The van der Waals surface area contributed by atoms with Crippen LogP contribution in [0.1, 0.15) is 0 Å². The highest BCUT2D eigenvalue weighted by atomic mass is 19.4. The molecular formula is C14H8F18O3. The van der Waals surface area contributed by atoms with Gasteiger partial charge in [0.1, 0.15) is 24.4 Å². The van der Waals surface area contributed by atoms with Gasteiger partial charge in [0.15, 0.2) is 0 Å². The summed E-state index contributed by atoms with van der Waals surface area (Å²) in [4.78, 5) is 0. The predicted octanol–water partition coefficient (Wildman–Crippen LogP) is 5.88. The maximum Gasteiger partial charge on any atom is 0.414 e. The quantitative estimate of drug-likeness (QED) is 0.298. The summed E-state index contributed by atoms with van der Waals surface area (Å²) >= 11 is 0. The largest absolute Gasteiger partial charge is 0.414 e. The molecule has 0 spiro atoms. The van der Waals surface area contributed by atoms with Gasteiger partial charge < -0.3 is 14.2 Å². The lowest BCUT2D eigenvalue weighted by Gasteiger charge is -2.47. The Bertz CT molecular complexity index is 624. The van der Waals surface area contributed by atoms with E-state index in [1.54, 1.807) is 0 Å². The maximum atomic E-state index is 13.4.